The summed E-state index contributed by atoms with van der Waals surface area (Å²) >= 11 is 1.39. The zero-order chi connectivity index (χ0) is 20.2. The predicted molar refractivity (Wildman–Crippen MR) is 117 cm³/mol. The van der Waals surface area contributed by atoms with E-state index in [1.807, 2.05) is 35.7 Å². The van der Waals surface area contributed by atoms with Crippen LogP contribution in [0.4, 0.5) is 5.13 Å². The minimum atomic E-state index is -0.207. The number of aromatic nitrogens is 1. The molecule has 29 heavy (non-hydrogen) atoms. The van der Waals surface area contributed by atoms with E-state index in [9.17, 15) is 4.79 Å². The molecule has 1 aliphatic rings. The van der Waals surface area contributed by atoms with Crippen LogP contribution in [0.5, 0.6) is 11.5 Å². The second-order valence-corrected chi connectivity index (χ2v) is 7.90. The number of anilines is 1. The average Bonchev–Trinajstić information content (AvgIpc) is 3.20. The van der Waals surface area contributed by atoms with Crippen molar-refractivity contribution in [2.24, 2.45) is 0 Å². The van der Waals surface area contributed by atoms with Gasteiger partial charge in [-0.05, 0) is 41.3 Å². The van der Waals surface area contributed by atoms with Gasteiger partial charge >= 0.3 is 0 Å². The second kappa shape index (κ2) is 8.49. The fraction of sp³-hybridized carbons (Fsp3) is 0.217. The number of nitrogens with one attached hydrogen (secondary N) is 1. The topological polar surface area (TPSA) is 60.5 Å². The molecule has 6 heteroatoms. The predicted octanol–water partition coefficient (Wildman–Crippen LogP) is 5.36. The van der Waals surface area contributed by atoms with Crippen molar-refractivity contribution in [1.82, 2.24) is 4.98 Å². The summed E-state index contributed by atoms with van der Waals surface area (Å²) in [6.45, 7) is 5.42. The Kier molecular flexibility index (Phi) is 5.62. The fourth-order valence-electron chi connectivity index (χ4n) is 2.98. The molecule has 0 saturated carbocycles. The summed E-state index contributed by atoms with van der Waals surface area (Å²) in [4.78, 5) is 16.7. The number of hydrogen-bond donors (Lipinski definition) is 1. The summed E-state index contributed by atoms with van der Waals surface area (Å²) in [5, 5.41) is 5.29. The van der Waals surface area contributed by atoms with Crippen LogP contribution in [0, 0.1) is 0 Å². The maximum atomic E-state index is 12.2. The van der Waals surface area contributed by atoms with Gasteiger partial charge in [0.25, 0.3) is 0 Å². The zero-order valence-corrected chi connectivity index (χ0v) is 17.2. The summed E-state index contributed by atoms with van der Waals surface area (Å²) in [7, 11) is 0. The number of ether oxygens (including phenoxy) is 2. The number of hydrogen-bond acceptors (Lipinski definition) is 5. The molecule has 3 aromatic rings. The zero-order valence-electron chi connectivity index (χ0n) is 16.3. The third-order valence-corrected chi connectivity index (χ3v) is 5.36. The summed E-state index contributed by atoms with van der Waals surface area (Å²) in [6, 6.07) is 13.9. The van der Waals surface area contributed by atoms with Gasteiger partial charge in [-0.3, -0.25) is 10.1 Å². The van der Waals surface area contributed by atoms with Gasteiger partial charge in [0, 0.05) is 17.0 Å². The number of amides is 1. The van der Waals surface area contributed by atoms with Crippen LogP contribution in [0.3, 0.4) is 0 Å². The summed E-state index contributed by atoms with van der Waals surface area (Å²) < 4.78 is 11.2. The lowest BCUT2D eigenvalue weighted by Crippen LogP contribution is -2.15. The highest BCUT2D eigenvalue weighted by atomic mass is 32.1. The van der Waals surface area contributed by atoms with Crippen LogP contribution < -0.4 is 14.8 Å². The Labute approximate surface area is 174 Å². The molecular formula is C23H22N2O3S. The number of benzene rings is 2. The Hall–Kier alpha value is -3.12. The monoisotopic (exact) mass is 406 g/mol. The molecule has 2 aromatic carbocycles. The number of rotatable bonds is 5. The van der Waals surface area contributed by atoms with E-state index in [2.05, 4.69) is 36.3 Å². The number of nitrogens with zero attached hydrogens (tertiary/aromatic N) is 1. The van der Waals surface area contributed by atoms with Gasteiger partial charge in [-0.25, -0.2) is 4.98 Å². The minimum Gasteiger partial charge on any atom is -0.486 e. The molecule has 0 saturated heterocycles. The van der Waals surface area contributed by atoms with Gasteiger partial charge in [-0.2, -0.15) is 0 Å². The van der Waals surface area contributed by atoms with Gasteiger partial charge in [0.15, 0.2) is 16.6 Å². The van der Waals surface area contributed by atoms with Crippen LogP contribution in [-0.2, 0) is 4.79 Å². The summed E-state index contributed by atoms with van der Waals surface area (Å²) in [5.41, 5.74) is 3.98. The first-order valence-electron chi connectivity index (χ1n) is 9.53. The molecule has 5 nitrogen and oxygen atoms in total. The van der Waals surface area contributed by atoms with Gasteiger partial charge in [0.05, 0.1) is 5.69 Å². The number of fused-ring (bicyclic) bond motifs is 1. The summed E-state index contributed by atoms with van der Waals surface area (Å²) in [6.07, 6.45) is 3.32. The van der Waals surface area contributed by atoms with Crippen molar-refractivity contribution < 1.29 is 14.3 Å². The minimum absolute atomic E-state index is 0.207. The quantitative estimate of drug-likeness (QED) is 0.580. The molecule has 0 spiro atoms. The van der Waals surface area contributed by atoms with Crippen molar-refractivity contribution in [2.45, 2.75) is 19.8 Å². The van der Waals surface area contributed by atoms with Crippen LogP contribution in [0.1, 0.15) is 30.9 Å². The van der Waals surface area contributed by atoms with Crippen LogP contribution in [0.2, 0.25) is 0 Å². The first-order valence-corrected chi connectivity index (χ1v) is 10.4. The largest absolute Gasteiger partial charge is 0.486 e. The Balaban J connectivity index is 1.40. The molecule has 1 N–H and O–H groups in total. The van der Waals surface area contributed by atoms with E-state index in [-0.39, 0.29) is 5.91 Å². The standard InChI is InChI=1S/C23H22N2O3S/c1-15(2)17-6-3-16(4-7-17)5-10-22(26)25-23-24-19(14-29-23)18-8-9-20-21(13-18)28-12-11-27-20/h3-10,13-15H,11-12H2,1-2H3,(H,24,25,26)/b10-5+. The van der Waals surface area contributed by atoms with Gasteiger partial charge in [0.1, 0.15) is 13.2 Å². The van der Waals surface area contributed by atoms with E-state index in [0.717, 1.165) is 28.3 Å². The highest BCUT2D eigenvalue weighted by Gasteiger charge is 2.14. The molecule has 0 aliphatic carbocycles. The van der Waals surface area contributed by atoms with Crippen LogP contribution in [0.25, 0.3) is 17.3 Å². The van der Waals surface area contributed by atoms with Crippen molar-refractivity contribution in [2.75, 3.05) is 18.5 Å². The molecule has 2 heterocycles. The third kappa shape index (κ3) is 4.66. The normalized spacial score (nSPS) is 13.1. The average molecular weight is 407 g/mol. The Morgan fingerprint density at radius 2 is 1.86 bits per heavy atom. The number of carbonyl (C=O) groups is 1. The van der Waals surface area contributed by atoms with E-state index in [1.165, 1.54) is 23.0 Å². The van der Waals surface area contributed by atoms with Crippen molar-refractivity contribution >= 4 is 28.5 Å². The van der Waals surface area contributed by atoms with E-state index in [4.69, 9.17) is 9.47 Å². The molecule has 1 amide bonds. The van der Waals surface area contributed by atoms with Gasteiger partial charge in [-0.15, -0.1) is 11.3 Å². The van der Waals surface area contributed by atoms with Crippen molar-refractivity contribution in [3.05, 3.63) is 65.0 Å². The lowest BCUT2D eigenvalue weighted by atomic mass is 10.0. The van der Waals surface area contributed by atoms with E-state index < -0.39 is 0 Å². The van der Waals surface area contributed by atoms with Crippen molar-refractivity contribution in [1.29, 1.82) is 0 Å². The lowest BCUT2D eigenvalue weighted by Gasteiger charge is -2.18. The molecule has 0 fully saturated rings. The van der Waals surface area contributed by atoms with Crippen LogP contribution in [-0.4, -0.2) is 24.1 Å². The highest BCUT2D eigenvalue weighted by molar-refractivity contribution is 7.14. The maximum Gasteiger partial charge on any atom is 0.250 e. The van der Waals surface area contributed by atoms with E-state index in [1.54, 1.807) is 6.08 Å². The van der Waals surface area contributed by atoms with Gasteiger partial charge in [0.2, 0.25) is 5.91 Å². The summed E-state index contributed by atoms with van der Waals surface area (Å²) in [5.74, 6) is 1.75. The van der Waals surface area contributed by atoms with Crippen molar-refractivity contribution in [3.63, 3.8) is 0 Å². The third-order valence-electron chi connectivity index (χ3n) is 4.60. The van der Waals surface area contributed by atoms with E-state index >= 15 is 0 Å². The van der Waals surface area contributed by atoms with Crippen LogP contribution in [0.15, 0.2) is 53.9 Å². The first kappa shape index (κ1) is 19.2. The van der Waals surface area contributed by atoms with Gasteiger partial charge < -0.3 is 9.47 Å². The molecule has 0 atom stereocenters. The highest BCUT2D eigenvalue weighted by Crippen LogP contribution is 2.35. The molecule has 4 rings (SSSR count). The van der Waals surface area contributed by atoms with Crippen molar-refractivity contribution in [3.8, 4) is 22.8 Å². The Bertz CT molecular complexity index is 1040. The number of thiazole rings is 1. The molecule has 1 aliphatic heterocycles. The molecule has 0 unspecified atom stereocenters. The Morgan fingerprint density at radius 3 is 2.62 bits per heavy atom. The second-order valence-electron chi connectivity index (χ2n) is 7.04. The number of carbonyl (C=O) groups excluding carboxylic acids is 1. The molecule has 1 aromatic heterocycles. The van der Waals surface area contributed by atoms with E-state index in [0.29, 0.717) is 24.3 Å². The molecule has 0 bridgehead atoms. The van der Waals surface area contributed by atoms with Gasteiger partial charge in [-0.1, -0.05) is 38.1 Å². The molecular weight excluding hydrogens is 384 g/mol. The van der Waals surface area contributed by atoms with Crippen LogP contribution >= 0.6 is 11.3 Å². The Morgan fingerprint density at radius 1 is 1.10 bits per heavy atom. The smallest absolute Gasteiger partial charge is 0.250 e. The fourth-order valence-corrected chi connectivity index (χ4v) is 3.70. The molecule has 0 radical (unpaired) electrons. The maximum absolute atomic E-state index is 12.2. The lowest BCUT2D eigenvalue weighted by molar-refractivity contribution is -0.111. The SMILES string of the molecule is CC(C)c1ccc(/C=C/C(=O)Nc2nc(-c3ccc4c(c3)OCCO4)cs2)cc1. The molecule has 148 valence electrons. The first-order chi connectivity index (χ1) is 14.1.